The van der Waals surface area contributed by atoms with E-state index in [2.05, 4.69) is 20.2 Å². The number of methoxy groups -OCH3 is 1. The normalized spacial score (nSPS) is 19.4. The second-order valence-corrected chi connectivity index (χ2v) is 6.29. The Morgan fingerprint density at radius 2 is 2.08 bits per heavy atom. The highest BCUT2D eigenvalue weighted by atomic mass is 16.5. The molecule has 0 amide bonds. The lowest BCUT2D eigenvalue weighted by atomic mass is 10.1. The molecule has 2 aliphatic heterocycles. The minimum atomic E-state index is -0.416. The number of aryl methyl sites for hydroxylation is 1. The smallest absolute Gasteiger partial charge is 0.355 e. The zero-order chi connectivity index (χ0) is 18.1. The number of benzene rings is 1. The number of nitrogens with zero attached hydrogens (tertiary/aromatic N) is 3. The van der Waals surface area contributed by atoms with Crippen molar-refractivity contribution in [3.63, 3.8) is 0 Å². The zero-order valence-electron chi connectivity index (χ0n) is 14.9. The molecular formula is C18H22N5O3+. The molecule has 1 atom stereocenters. The summed E-state index contributed by atoms with van der Waals surface area (Å²) in [6.07, 6.45) is -0.416. The number of nitrogens with one attached hydrogen (secondary N) is 2. The van der Waals surface area contributed by atoms with Crippen LogP contribution in [0.1, 0.15) is 17.4 Å². The fourth-order valence-corrected chi connectivity index (χ4v) is 3.35. The lowest BCUT2D eigenvalue weighted by Gasteiger charge is -2.29. The Morgan fingerprint density at radius 3 is 2.85 bits per heavy atom. The number of morpholine rings is 1. The molecule has 0 aliphatic carbocycles. The molecule has 0 saturated carbocycles. The monoisotopic (exact) mass is 356 g/mol. The molecule has 8 heteroatoms. The summed E-state index contributed by atoms with van der Waals surface area (Å²) in [5.74, 6) is 2.06. The number of fused-ring (bicyclic) bond motifs is 1. The number of ether oxygens (including phenoxy) is 2. The van der Waals surface area contributed by atoms with Gasteiger partial charge >= 0.3 is 5.96 Å². The Morgan fingerprint density at radius 1 is 1.31 bits per heavy atom. The first kappa shape index (κ1) is 16.6. The van der Waals surface area contributed by atoms with Crippen molar-refractivity contribution in [2.24, 2.45) is 0 Å². The Balaban J connectivity index is 1.88. The van der Waals surface area contributed by atoms with Gasteiger partial charge in [-0.2, -0.15) is 0 Å². The van der Waals surface area contributed by atoms with Crippen molar-refractivity contribution < 1.29 is 14.0 Å². The van der Waals surface area contributed by atoms with Gasteiger partial charge in [0.2, 0.25) is 0 Å². The topological polar surface area (TPSA) is 80.4 Å². The van der Waals surface area contributed by atoms with Crippen LogP contribution in [-0.2, 0) is 4.74 Å². The molecule has 0 spiro atoms. The predicted octanol–water partition coefficient (Wildman–Crippen LogP) is 0.521. The van der Waals surface area contributed by atoms with Crippen LogP contribution in [0.5, 0.6) is 5.75 Å². The number of hydrogen-bond donors (Lipinski definition) is 2. The van der Waals surface area contributed by atoms with E-state index in [1.165, 1.54) is 6.07 Å². The molecular weight excluding hydrogens is 334 g/mol. The van der Waals surface area contributed by atoms with Crippen LogP contribution in [0.15, 0.2) is 35.1 Å². The van der Waals surface area contributed by atoms with Gasteiger partial charge in [0.25, 0.3) is 11.5 Å². The predicted molar refractivity (Wildman–Crippen MR) is 96.9 cm³/mol. The maximum Gasteiger partial charge on any atom is 0.355 e. The average Bonchev–Trinajstić information content (AvgIpc) is 2.67. The van der Waals surface area contributed by atoms with Gasteiger partial charge in [0, 0.05) is 11.8 Å². The highest BCUT2D eigenvalue weighted by molar-refractivity contribution is 5.90. The summed E-state index contributed by atoms with van der Waals surface area (Å²) >= 11 is 0. The largest absolute Gasteiger partial charge is 0.496 e. The Hall–Kier alpha value is -2.87. The van der Waals surface area contributed by atoms with Gasteiger partial charge in [-0.15, -0.1) is 0 Å². The highest BCUT2D eigenvalue weighted by Crippen LogP contribution is 2.28. The van der Waals surface area contributed by atoms with Crippen molar-refractivity contribution >= 4 is 11.9 Å². The Kier molecular flexibility index (Phi) is 4.34. The van der Waals surface area contributed by atoms with Crippen LogP contribution >= 0.6 is 0 Å². The summed E-state index contributed by atoms with van der Waals surface area (Å²) in [5, 5.41) is 6.72. The van der Waals surface area contributed by atoms with E-state index in [1.807, 2.05) is 31.2 Å². The molecule has 3 heterocycles. The number of anilines is 1. The second kappa shape index (κ2) is 6.80. The Labute approximate surface area is 151 Å². The highest BCUT2D eigenvalue weighted by Gasteiger charge is 2.34. The van der Waals surface area contributed by atoms with Crippen molar-refractivity contribution in [2.75, 3.05) is 38.7 Å². The fraction of sp³-hybridized carbons (Fsp3) is 0.389. The van der Waals surface area contributed by atoms with Crippen LogP contribution in [-0.4, -0.2) is 53.5 Å². The zero-order valence-corrected chi connectivity index (χ0v) is 14.9. The summed E-state index contributed by atoms with van der Waals surface area (Å²) in [6, 6.07) is 9.22. The van der Waals surface area contributed by atoms with Gasteiger partial charge in [0.1, 0.15) is 5.75 Å². The summed E-state index contributed by atoms with van der Waals surface area (Å²) in [5.41, 5.74) is 1.43. The van der Waals surface area contributed by atoms with Crippen molar-refractivity contribution in [1.82, 2.24) is 14.9 Å². The van der Waals surface area contributed by atoms with Crippen LogP contribution in [0.3, 0.4) is 0 Å². The maximum absolute atomic E-state index is 12.7. The van der Waals surface area contributed by atoms with Gasteiger partial charge in [0.15, 0.2) is 6.17 Å². The van der Waals surface area contributed by atoms with E-state index in [4.69, 9.17) is 9.47 Å². The van der Waals surface area contributed by atoms with Crippen LogP contribution in [0.25, 0.3) is 0 Å². The minimum Gasteiger partial charge on any atom is -0.496 e. The van der Waals surface area contributed by atoms with E-state index in [-0.39, 0.29) is 5.56 Å². The SMILES string of the molecule is COc1ccccc1C1NC(=[N+]2CCOCC2)Nc2nc(C)cc(=O)n21. The molecule has 1 aromatic heterocycles. The van der Waals surface area contributed by atoms with Gasteiger partial charge in [-0.3, -0.25) is 14.7 Å². The van der Waals surface area contributed by atoms with E-state index < -0.39 is 6.17 Å². The molecule has 1 aromatic carbocycles. The summed E-state index contributed by atoms with van der Waals surface area (Å²) in [6.45, 7) is 4.69. The van der Waals surface area contributed by atoms with Crippen LogP contribution in [0.4, 0.5) is 5.95 Å². The minimum absolute atomic E-state index is 0.121. The molecule has 1 unspecified atom stereocenters. The number of aromatic nitrogens is 2. The van der Waals surface area contributed by atoms with E-state index in [0.29, 0.717) is 30.6 Å². The number of rotatable bonds is 2. The molecule has 0 bridgehead atoms. The number of hydrogen-bond acceptors (Lipinski definition) is 4. The van der Waals surface area contributed by atoms with Crippen molar-refractivity contribution in [2.45, 2.75) is 13.1 Å². The van der Waals surface area contributed by atoms with Crippen molar-refractivity contribution in [3.05, 3.63) is 51.9 Å². The van der Waals surface area contributed by atoms with E-state index in [9.17, 15) is 4.79 Å². The number of para-hydroxylation sites is 1. The van der Waals surface area contributed by atoms with Crippen molar-refractivity contribution in [1.29, 1.82) is 0 Å². The third-order valence-corrected chi connectivity index (χ3v) is 4.60. The van der Waals surface area contributed by atoms with Gasteiger partial charge in [-0.05, 0) is 19.1 Å². The molecule has 2 aliphatic rings. The van der Waals surface area contributed by atoms with Crippen molar-refractivity contribution in [3.8, 4) is 5.75 Å². The first-order valence-electron chi connectivity index (χ1n) is 8.63. The molecule has 1 saturated heterocycles. The van der Waals surface area contributed by atoms with E-state index in [1.54, 1.807) is 11.7 Å². The standard InChI is InChI=1S/C18H21N5O3/c1-12-11-15(24)23-16(13-5-3-4-6-14(13)25-2)20-17(21-18(23)19-12)22-7-9-26-10-8-22/h3-6,11,16H,7-10H2,1-2H3,(H,19,20,21,24)/p+1. The Bertz CT molecular complexity index is 913. The molecule has 0 radical (unpaired) electrons. The molecule has 1 fully saturated rings. The third kappa shape index (κ3) is 2.92. The fourth-order valence-electron chi connectivity index (χ4n) is 3.35. The molecule has 2 N–H and O–H groups in total. The van der Waals surface area contributed by atoms with Crippen LogP contribution < -0.4 is 20.9 Å². The molecule has 4 rings (SSSR count). The third-order valence-electron chi connectivity index (χ3n) is 4.60. The summed E-state index contributed by atoms with van der Waals surface area (Å²) in [7, 11) is 1.63. The second-order valence-electron chi connectivity index (χ2n) is 6.29. The van der Waals surface area contributed by atoms with E-state index >= 15 is 0 Å². The van der Waals surface area contributed by atoms with Gasteiger partial charge in [-0.25, -0.2) is 14.9 Å². The van der Waals surface area contributed by atoms with Gasteiger partial charge in [0.05, 0.1) is 39.0 Å². The molecule has 136 valence electrons. The summed E-state index contributed by atoms with van der Waals surface area (Å²) in [4.78, 5) is 17.3. The lowest BCUT2D eigenvalue weighted by molar-refractivity contribution is -0.551. The lowest BCUT2D eigenvalue weighted by Crippen LogP contribution is -2.53. The first-order valence-corrected chi connectivity index (χ1v) is 8.63. The molecule has 8 nitrogen and oxygen atoms in total. The van der Waals surface area contributed by atoms with Crippen LogP contribution in [0.2, 0.25) is 0 Å². The van der Waals surface area contributed by atoms with Gasteiger partial charge < -0.3 is 9.47 Å². The van der Waals surface area contributed by atoms with E-state index in [0.717, 1.165) is 24.6 Å². The number of guanidine groups is 1. The quantitative estimate of drug-likeness (QED) is 0.764. The first-order chi connectivity index (χ1) is 12.7. The maximum atomic E-state index is 12.7. The van der Waals surface area contributed by atoms with Crippen LogP contribution in [0, 0.1) is 6.92 Å². The van der Waals surface area contributed by atoms with Gasteiger partial charge in [-0.1, -0.05) is 12.1 Å². The average molecular weight is 356 g/mol. The summed E-state index contributed by atoms with van der Waals surface area (Å²) < 4.78 is 14.8. The molecule has 2 aromatic rings. The molecule has 26 heavy (non-hydrogen) atoms.